The second kappa shape index (κ2) is 7.39. The average Bonchev–Trinajstić information content (AvgIpc) is 2.80. The van der Waals surface area contributed by atoms with Gasteiger partial charge in [-0.1, -0.05) is 6.92 Å². The number of thiophene rings is 1. The van der Waals surface area contributed by atoms with E-state index >= 15 is 0 Å². The minimum atomic E-state index is -0.147. The van der Waals surface area contributed by atoms with E-state index in [1.807, 2.05) is 0 Å². The van der Waals surface area contributed by atoms with Crippen molar-refractivity contribution in [3.63, 3.8) is 0 Å². The zero-order valence-electron chi connectivity index (χ0n) is 12.7. The number of hydrogen-bond acceptors (Lipinski definition) is 4. The predicted octanol–water partition coefficient (Wildman–Crippen LogP) is 3.67. The largest absolute Gasteiger partial charge is 0.379 e. The summed E-state index contributed by atoms with van der Waals surface area (Å²) in [6.07, 6.45) is 1.77. The van der Waals surface area contributed by atoms with Crippen molar-refractivity contribution in [2.75, 3.05) is 13.7 Å². The smallest absolute Gasteiger partial charge is 0.107 e. The first-order valence-corrected chi connectivity index (χ1v) is 7.70. The van der Waals surface area contributed by atoms with Crippen molar-refractivity contribution in [1.29, 1.82) is 0 Å². The average molecular weight is 285 g/mol. The number of ether oxygens (including phenoxy) is 2. The Hall–Kier alpha value is -0.420. The van der Waals surface area contributed by atoms with Crippen LogP contribution in [-0.4, -0.2) is 25.4 Å². The molecule has 0 fully saturated rings. The molecule has 0 aliphatic carbocycles. The van der Waals surface area contributed by atoms with Crippen LogP contribution in [0.3, 0.4) is 0 Å². The van der Waals surface area contributed by atoms with E-state index in [4.69, 9.17) is 15.2 Å². The van der Waals surface area contributed by atoms with Crippen molar-refractivity contribution >= 4 is 11.3 Å². The molecule has 0 aliphatic rings. The first-order chi connectivity index (χ1) is 8.89. The normalized spacial score (nSPS) is 15.5. The van der Waals surface area contributed by atoms with E-state index in [1.165, 1.54) is 9.75 Å². The van der Waals surface area contributed by atoms with E-state index in [9.17, 15) is 0 Å². The van der Waals surface area contributed by atoms with Gasteiger partial charge in [-0.05, 0) is 45.7 Å². The Morgan fingerprint density at radius 3 is 2.53 bits per heavy atom. The molecule has 3 nitrogen and oxygen atoms in total. The van der Waals surface area contributed by atoms with Gasteiger partial charge in [0.25, 0.3) is 0 Å². The van der Waals surface area contributed by atoms with E-state index in [0.29, 0.717) is 6.61 Å². The van der Waals surface area contributed by atoms with Crippen LogP contribution >= 0.6 is 11.3 Å². The van der Waals surface area contributed by atoms with Crippen LogP contribution in [0.1, 0.15) is 49.5 Å². The summed E-state index contributed by atoms with van der Waals surface area (Å²) in [6.45, 7) is 9.01. The van der Waals surface area contributed by atoms with Crippen LogP contribution in [0.25, 0.3) is 0 Å². The van der Waals surface area contributed by atoms with E-state index in [0.717, 1.165) is 12.8 Å². The minimum absolute atomic E-state index is 0.00337. The van der Waals surface area contributed by atoms with Crippen LogP contribution in [-0.2, 0) is 9.47 Å². The summed E-state index contributed by atoms with van der Waals surface area (Å²) >= 11 is 1.77. The number of hydrogen-bond donors (Lipinski definition) is 1. The van der Waals surface area contributed by atoms with Gasteiger partial charge < -0.3 is 15.2 Å². The summed E-state index contributed by atoms with van der Waals surface area (Å²) in [5.41, 5.74) is 6.04. The van der Waals surface area contributed by atoms with Gasteiger partial charge in [0.15, 0.2) is 0 Å². The molecular weight excluding hydrogens is 258 g/mol. The summed E-state index contributed by atoms with van der Waals surface area (Å²) in [4.78, 5) is 2.52. The maximum absolute atomic E-state index is 6.19. The fourth-order valence-corrected chi connectivity index (χ4v) is 2.77. The molecule has 0 radical (unpaired) electrons. The fourth-order valence-electron chi connectivity index (χ4n) is 1.77. The van der Waals surface area contributed by atoms with Crippen molar-refractivity contribution in [3.05, 3.63) is 21.9 Å². The molecule has 110 valence electrons. The van der Waals surface area contributed by atoms with Crippen molar-refractivity contribution < 1.29 is 9.47 Å². The second-order valence-electron chi connectivity index (χ2n) is 5.53. The molecule has 1 heterocycles. The lowest BCUT2D eigenvalue weighted by Crippen LogP contribution is -2.31. The lowest BCUT2D eigenvalue weighted by molar-refractivity contribution is -0.0324. The molecule has 2 atom stereocenters. The zero-order valence-corrected chi connectivity index (χ0v) is 13.5. The fraction of sp³-hybridized carbons (Fsp3) is 0.733. The minimum Gasteiger partial charge on any atom is -0.379 e. The maximum atomic E-state index is 6.19. The first kappa shape index (κ1) is 16.6. The Morgan fingerprint density at radius 1 is 1.37 bits per heavy atom. The molecule has 0 aliphatic heterocycles. The molecule has 2 N–H and O–H groups in total. The van der Waals surface area contributed by atoms with Gasteiger partial charge in [0, 0.05) is 22.9 Å². The lowest BCUT2D eigenvalue weighted by atomic mass is 10.1. The van der Waals surface area contributed by atoms with E-state index in [1.54, 1.807) is 18.4 Å². The Balaban J connectivity index is 2.61. The van der Waals surface area contributed by atoms with Crippen molar-refractivity contribution in [3.8, 4) is 0 Å². The summed E-state index contributed by atoms with van der Waals surface area (Å²) in [5, 5.41) is 0. The molecule has 19 heavy (non-hydrogen) atoms. The highest BCUT2D eigenvalue weighted by Crippen LogP contribution is 2.29. The molecule has 1 rings (SSSR count). The molecule has 0 aromatic carbocycles. The highest BCUT2D eigenvalue weighted by Gasteiger charge is 2.23. The van der Waals surface area contributed by atoms with Gasteiger partial charge in [0.05, 0.1) is 12.2 Å². The lowest BCUT2D eigenvalue weighted by Gasteiger charge is -2.26. The van der Waals surface area contributed by atoms with E-state index < -0.39 is 0 Å². The standard InChI is InChI=1S/C15H27NO2S/c1-6-12(16)14(13-8-7-11(2)19-13)18-10-9-15(3,4)17-5/h7-8,12,14H,6,9-10,16H2,1-5H3. The monoisotopic (exact) mass is 285 g/mol. The van der Waals surface area contributed by atoms with Crippen LogP contribution < -0.4 is 5.73 Å². The van der Waals surface area contributed by atoms with Gasteiger partial charge in [0.2, 0.25) is 0 Å². The maximum Gasteiger partial charge on any atom is 0.107 e. The van der Waals surface area contributed by atoms with Gasteiger partial charge in [-0.2, -0.15) is 0 Å². The third-order valence-corrected chi connectivity index (χ3v) is 4.52. The molecule has 0 saturated carbocycles. The number of aryl methyl sites for hydroxylation is 1. The highest BCUT2D eigenvalue weighted by atomic mass is 32.1. The molecule has 1 aromatic heterocycles. The van der Waals surface area contributed by atoms with Gasteiger partial charge in [-0.15, -0.1) is 11.3 Å². The van der Waals surface area contributed by atoms with Gasteiger partial charge in [0.1, 0.15) is 6.10 Å². The summed E-state index contributed by atoms with van der Waals surface area (Å²) in [5.74, 6) is 0. The van der Waals surface area contributed by atoms with Crippen LogP contribution in [0.5, 0.6) is 0 Å². The number of nitrogens with two attached hydrogens (primary N) is 1. The summed E-state index contributed by atoms with van der Waals surface area (Å²) in [7, 11) is 1.73. The van der Waals surface area contributed by atoms with Crippen LogP contribution in [0.4, 0.5) is 0 Å². The van der Waals surface area contributed by atoms with E-state index in [2.05, 4.69) is 39.8 Å². The molecule has 1 aromatic rings. The Kier molecular flexibility index (Phi) is 6.47. The Labute approximate surface area is 121 Å². The molecule has 2 unspecified atom stereocenters. The summed E-state index contributed by atoms with van der Waals surface area (Å²) < 4.78 is 11.4. The number of rotatable bonds is 8. The molecule has 0 amide bonds. The Morgan fingerprint density at radius 2 is 2.05 bits per heavy atom. The predicted molar refractivity (Wildman–Crippen MR) is 81.7 cm³/mol. The van der Waals surface area contributed by atoms with Gasteiger partial charge in [-0.3, -0.25) is 0 Å². The zero-order chi connectivity index (χ0) is 14.5. The SMILES string of the molecule is CCC(N)C(OCCC(C)(C)OC)c1ccc(C)s1. The Bertz CT molecular complexity index is 376. The molecule has 4 heteroatoms. The highest BCUT2D eigenvalue weighted by molar-refractivity contribution is 7.12. The van der Waals surface area contributed by atoms with Crippen LogP contribution in [0, 0.1) is 6.92 Å². The van der Waals surface area contributed by atoms with Crippen molar-refractivity contribution in [1.82, 2.24) is 0 Å². The van der Waals surface area contributed by atoms with E-state index in [-0.39, 0.29) is 17.7 Å². The topological polar surface area (TPSA) is 44.5 Å². The second-order valence-corrected chi connectivity index (χ2v) is 6.85. The van der Waals surface area contributed by atoms with Crippen LogP contribution in [0.2, 0.25) is 0 Å². The van der Waals surface area contributed by atoms with Crippen molar-refractivity contribution in [2.24, 2.45) is 5.73 Å². The molecular formula is C15H27NO2S. The first-order valence-electron chi connectivity index (χ1n) is 6.88. The summed E-state index contributed by atoms with van der Waals surface area (Å²) in [6, 6.07) is 4.29. The van der Waals surface area contributed by atoms with Gasteiger partial charge >= 0.3 is 0 Å². The third kappa shape index (κ3) is 5.22. The third-order valence-electron chi connectivity index (χ3n) is 3.46. The van der Waals surface area contributed by atoms with Gasteiger partial charge in [-0.25, -0.2) is 0 Å². The quantitative estimate of drug-likeness (QED) is 0.792. The van der Waals surface area contributed by atoms with Crippen LogP contribution in [0.15, 0.2) is 12.1 Å². The number of methoxy groups -OCH3 is 1. The molecule has 0 bridgehead atoms. The van der Waals surface area contributed by atoms with Crippen molar-refractivity contribution in [2.45, 2.75) is 58.3 Å². The molecule has 0 spiro atoms. The molecule has 0 saturated heterocycles.